The number of nitrogens with two attached hydrogens (primary N) is 2. The van der Waals surface area contributed by atoms with Crippen molar-refractivity contribution in [3.05, 3.63) is 23.5 Å². The molecular formula is C14H24N6. The van der Waals surface area contributed by atoms with Crippen LogP contribution in [0.4, 0.5) is 5.69 Å². The minimum Gasteiger partial charge on any atom is -0.370 e. The van der Waals surface area contributed by atoms with E-state index in [1.807, 2.05) is 19.2 Å². The molecule has 1 aromatic rings. The Bertz CT molecular complexity index is 473. The van der Waals surface area contributed by atoms with E-state index in [0.29, 0.717) is 0 Å². The van der Waals surface area contributed by atoms with Gasteiger partial charge in [0.25, 0.3) is 0 Å². The molecule has 1 aliphatic heterocycles. The van der Waals surface area contributed by atoms with Gasteiger partial charge in [-0.05, 0) is 32.0 Å². The van der Waals surface area contributed by atoms with Gasteiger partial charge in [-0.3, -0.25) is 4.98 Å². The Labute approximate surface area is 120 Å². The van der Waals surface area contributed by atoms with Crippen molar-refractivity contribution in [1.29, 1.82) is 0 Å². The zero-order valence-electron chi connectivity index (χ0n) is 12.3. The van der Waals surface area contributed by atoms with Crippen LogP contribution in [0.25, 0.3) is 0 Å². The summed E-state index contributed by atoms with van der Waals surface area (Å²) in [6.07, 6.45) is 2.89. The number of guanidine groups is 1. The molecule has 0 aromatic carbocycles. The van der Waals surface area contributed by atoms with Gasteiger partial charge in [-0.15, -0.1) is 0 Å². The summed E-state index contributed by atoms with van der Waals surface area (Å²) in [5.41, 5.74) is 13.7. The van der Waals surface area contributed by atoms with E-state index in [9.17, 15) is 0 Å². The van der Waals surface area contributed by atoms with Gasteiger partial charge in [0.1, 0.15) is 0 Å². The third-order valence-electron chi connectivity index (χ3n) is 3.68. The van der Waals surface area contributed by atoms with Crippen molar-refractivity contribution in [1.82, 2.24) is 14.8 Å². The van der Waals surface area contributed by atoms with Crippen LogP contribution in [-0.2, 0) is 6.42 Å². The number of nitrogens with zero attached hydrogens (tertiary/aromatic N) is 4. The second-order valence-electron chi connectivity index (χ2n) is 5.38. The number of hydrogen-bond donors (Lipinski definition) is 2. The van der Waals surface area contributed by atoms with E-state index >= 15 is 0 Å². The SMILES string of the molecule is Cc1ncc(CCN2CCN(C)CC2)cc1N=C(N)N. The molecule has 1 aromatic heterocycles. The van der Waals surface area contributed by atoms with E-state index in [1.54, 1.807) is 0 Å². The molecule has 0 radical (unpaired) electrons. The van der Waals surface area contributed by atoms with Crippen molar-refractivity contribution in [2.24, 2.45) is 16.5 Å². The summed E-state index contributed by atoms with van der Waals surface area (Å²) in [5.74, 6) is 0.0751. The van der Waals surface area contributed by atoms with E-state index in [0.717, 1.165) is 50.5 Å². The second kappa shape index (κ2) is 6.67. The minimum atomic E-state index is 0.0751. The quantitative estimate of drug-likeness (QED) is 0.601. The standard InChI is InChI=1S/C14H24N6/c1-11-13(18-14(15)16)9-12(10-17-11)3-4-20-7-5-19(2)6-8-20/h9-10H,3-8H2,1-2H3,(H4,15,16,18). The van der Waals surface area contributed by atoms with Crippen molar-refractivity contribution in [2.75, 3.05) is 39.8 Å². The second-order valence-corrected chi connectivity index (χ2v) is 5.38. The predicted octanol–water partition coefficient (Wildman–Crippen LogP) is 0.0848. The van der Waals surface area contributed by atoms with Gasteiger partial charge in [0.15, 0.2) is 5.96 Å². The van der Waals surface area contributed by atoms with Crippen molar-refractivity contribution < 1.29 is 0 Å². The van der Waals surface area contributed by atoms with Crippen molar-refractivity contribution in [3.63, 3.8) is 0 Å². The van der Waals surface area contributed by atoms with Gasteiger partial charge in [0, 0.05) is 38.9 Å². The zero-order valence-corrected chi connectivity index (χ0v) is 12.3. The van der Waals surface area contributed by atoms with Crippen molar-refractivity contribution >= 4 is 11.6 Å². The number of rotatable bonds is 4. The molecular weight excluding hydrogens is 252 g/mol. The van der Waals surface area contributed by atoms with Crippen molar-refractivity contribution in [3.8, 4) is 0 Å². The summed E-state index contributed by atoms with van der Waals surface area (Å²) in [7, 11) is 2.17. The topological polar surface area (TPSA) is 83.8 Å². The molecule has 2 heterocycles. The summed E-state index contributed by atoms with van der Waals surface area (Å²) >= 11 is 0. The van der Waals surface area contributed by atoms with Crippen LogP contribution >= 0.6 is 0 Å². The Morgan fingerprint density at radius 3 is 2.65 bits per heavy atom. The van der Waals surface area contributed by atoms with Crippen LogP contribution < -0.4 is 11.5 Å². The number of aryl methyl sites for hydroxylation is 1. The van der Waals surface area contributed by atoms with Crippen LogP contribution in [0.3, 0.4) is 0 Å². The van der Waals surface area contributed by atoms with E-state index in [4.69, 9.17) is 11.5 Å². The average molecular weight is 276 g/mol. The van der Waals surface area contributed by atoms with Gasteiger partial charge < -0.3 is 21.3 Å². The molecule has 0 spiro atoms. The molecule has 110 valence electrons. The largest absolute Gasteiger partial charge is 0.370 e. The lowest BCUT2D eigenvalue weighted by molar-refractivity contribution is 0.155. The first kappa shape index (κ1) is 14.7. The molecule has 1 aliphatic rings. The zero-order chi connectivity index (χ0) is 14.5. The summed E-state index contributed by atoms with van der Waals surface area (Å²) < 4.78 is 0. The monoisotopic (exact) mass is 276 g/mol. The van der Waals surface area contributed by atoms with Gasteiger partial charge in [0.2, 0.25) is 0 Å². The maximum absolute atomic E-state index is 5.43. The highest BCUT2D eigenvalue weighted by atomic mass is 15.2. The number of pyridine rings is 1. The van der Waals surface area contributed by atoms with Crippen LogP contribution in [0.15, 0.2) is 17.3 Å². The van der Waals surface area contributed by atoms with E-state index in [1.165, 1.54) is 5.56 Å². The highest BCUT2D eigenvalue weighted by molar-refractivity contribution is 5.79. The van der Waals surface area contributed by atoms with Crippen molar-refractivity contribution in [2.45, 2.75) is 13.3 Å². The fourth-order valence-electron chi connectivity index (χ4n) is 2.31. The van der Waals surface area contributed by atoms with Gasteiger partial charge in [0.05, 0.1) is 11.4 Å². The number of aromatic nitrogens is 1. The maximum Gasteiger partial charge on any atom is 0.191 e. The molecule has 0 amide bonds. The first-order chi connectivity index (χ1) is 9.54. The lowest BCUT2D eigenvalue weighted by Gasteiger charge is -2.32. The summed E-state index contributed by atoms with van der Waals surface area (Å²) in [6, 6.07) is 2.03. The molecule has 0 atom stereocenters. The van der Waals surface area contributed by atoms with Gasteiger partial charge in [-0.2, -0.15) is 0 Å². The molecule has 6 heteroatoms. The molecule has 0 bridgehead atoms. The molecule has 0 aliphatic carbocycles. The fraction of sp³-hybridized carbons (Fsp3) is 0.571. The van der Waals surface area contributed by atoms with Crippen LogP contribution in [0.2, 0.25) is 0 Å². The Hall–Kier alpha value is -1.66. The van der Waals surface area contributed by atoms with Crippen LogP contribution in [0, 0.1) is 6.92 Å². The Balaban J connectivity index is 1.94. The number of aliphatic imine (C=N–C) groups is 1. The number of likely N-dealkylation sites (N-methyl/N-ethyl adjacent to an activating group) is 1. The van der Waals surface area contributed by atoms with E-state index < -0.39 is 0 Å². The maximum atomic E-state index is 5.43. The Kier molecular flexibility index (Phi) is 4.92. The number of hydrogen-bond acceptors (Lipinski definition) is 4. The molecule has 1 fully saturated rings. The number of piperazine rings is 1. The fourth-order valence-corrected chi connectivity index (χ4v) is 2.31. The summed E-state index contributed by atoms with van der Waals surface area (Å²) in [4.78, 5) is 13.3. The average Bonchev–Trinajstić information content (AvgIpc) is 2.41. The summed E-state index contributed by atoms with van der Waals surface area (Å²) in [5, 5.41) is 0. The highest BCUT2D eigenvalue weighted by Crippen LogP contribution is 2.18. The molecule has 1 saturated heterocycles. The molecule has 4 N–H and O–H groups in total. The van der Waals surface area contributed by atoms with Gasteiger partial charge >= 0.3 is 0 Å². The van der Waals surface area contributed by atoms with Gasteiger partial charge in [-0.25, -0.2) is 4.99 Å². The predicted molar refractivity (Wildman–Crippen MR) is 82.1 cm³/mol. The molecule has 6 nitrogen and oxygen atoms in total. The normalized spacial score (nSPS) is 17.1. The first-order valence-electron chi connectivity index (χ1n) is 7.00. The molecule has 0 unspecified atom stereocenters. The summed E-state index contributed by atoms with van der Waals surface area (Å²) in [6.45, 7) is 7.52. The molecule has 20 heavy (non-hydrogen) atoms. The van der Waals surface area contributed by atoms with Crippen LogP contribution in [-0.4, -0.2) is 60.5 Å². The van der Waals surface area contributed by atoms with Gasteiger partial charge in [-0.1, -0.05) is 0 Å². The van der Waals surface area contributed by atoms with Crippen LogP contribution in [0.1, 0.15) is 11.3 Å². The lowest BCUT2D eigenvalue weighted by atomic mass is 10.1. The third-order valence-corrected chi connectivity index (χ3v) is 3.68. The third kappa shape index (κ3) is 4.18. The first-order valence-corrected chi connectivity index (χ1v) is 7.00. The Morgan fingerprint density at radius 2 is 2.00 bits per heavy atom. The minimum absolute atomic E-state index is 0.0751. The molecule has 2 rings (SSSR count). The smallest absolute Gasteiger partial charge is 0.191 e. The highest BCUT2D eigenvalue weighted by Gasteiger charge is 2.13. The lowest BCUT2D eigenvalue weighted by Crippen LogP contribution is -2.45. The van der Waals surface area contributed by atoms with Crippen LogP contribution in [0.5, 0.6) is 0 Å². The van der Waals surface area contributed by atoms with E-state index in [2.05, 4.69) is 26.8 Å². The van der Waals surface area contributed by atoms with E-state index in [-0.39, 0.29) is 5.96 Å². The Morgan fingerprint density at radius 1 is 1.30 bits per heavy atom. The molecule has 0 saturated carbocycles.